The van der Waals surface area contributed by atoms with Crippen LogP contribution in [-0.2, 0) is 0 Å². The minimum absolute atomic E-state index is 0.0283. The first-order chi connectivity index (χ1) is 8.74. The van der Waals surface area contributed by atoms with Crippen LogP contribution in [0.5, 0.6) is 0 Å². The van der Waals surface area contributed by atoms with Crippen molar-refractivity contribution in [1.29, 1.82) is 0 Å². The SMILES string of the molecule is C[Si](C)(C)[Si](C[C@@H](O)C1CCC1)([Si](C)(C)C)[Si](C)(C)C. The summed E-state index contributed by atoms with van der Waals surface area (Å²) in [4.78, 5) is 0. The van der Waals surface area contributed by atoms with Crippen LogP contribution >= 0.6 is 0 Å². The van der Waals surface area contributed by atoms with Gasteiger partial charge in [-0.2, -0.15) is 0 Å². The van der Waals surface area contributed by atoms with Crippen LogP contribution in [0.1, 0.15) is 19.3 Å². The predicted molar refractivity (Wildman–Crippen MR) is 104 cm³/mol. The highest BCUT2D eigenvalue weighted by Gasteiger charge is 2.62. The molecule has 1 atom stereocenters. The van der Waals surface area contributed by atoms with Gasteiger partial charge in [0.05, 0.1) is 6.10 Å². The summed E-state index contributed by atoms with van der Waals surface area (Å²) in [6, 6.07) is 1.25. The van der Waals surface area contributed by atoms with E-state index in [1.165, 1.54) is 25.3 Å². The van der Waals surface area contributed by atoms with Gasteiger partial charge in [-0.1, -0.05) is 65.3 Å². The molecular formula is C15H38OSi4. The predicted octanol–water partition coefficient (Wildman–Crippen LogP) is 4.85. The number of aliphatic hydroxyl groups is 1. The zero-order valence-corrected chi connectivity index (χ0v) is 19.4. The van der Waals surface area contributed by atoms with E-state index in [4.69, 9.17) is 0 Å². The lowest BCUT2D eigenvalue weighted by Crippen LogP contribution is -2.83. The lowest BCUT2D eigenvalue weighted by molar-refractivity contribution is 0.0776. The molecular weight excluding hydrogens is 309 g/mol. The summed E-state index contributed by atoms with van der Waals surface area (Å²) >= 11 is 0. The third-order valence-electron chi connectivity index (χ3n) is 6.05. The molecule has 0 bridgehead atoms. The summed E-state index contributed by atoms with van der Waals surface area (Å²) in [5, 5.41) is 10.9. The van der Waals surface area contributed by atoms with Gasteiger partial charge in [0, 0.05) is 29.4 Å². The lowest BCUT2D eigenvalue weighted by Gasteiger charge is -2.59. The van der Waals surface area contributed by atoms with Gasteiger partial charge in [-0.15, -0.1) is 0 Å². The molecule has 1 N–H and O–H groups in total. The second-order valence-corrected chi connectivity index (χ2v) is 51.5. The lowest BCUT2D eigenvalue weighted by atomic mass is 9.82. The van der Waals surface area contributed by atoms with Crippen molar-refractivity contribution >= 4 is 29.4 Å². The summed E-state index contributed by atoms with van der Waals surface area (Å²) in [7, 11) is -3.61. The molecule has 0 aromatic heterocycles. The Morgan fingerprint density at radius 3 is 1.35 bits per heavy atom. The van der Waals surface area contributed by atoms with Crippen LogP contribution in [0, 0.1) is 5.92 Å². The Morgan fingerprint density at radius 2 is 1.15 bits per heavy atom. The quantitative estimate of drug-likeness (QED) is 0.682. The molecule has 0 aromatic carbocycles. The minimum atomic E-state index is -1.34. The van der Waals surface area contributed by atoms with E-state index in [0.29, 0.717) is 5.92 Å². The number of aliphatic hydroxyl groups excluding tert-OH is 1. The van der Waals surface area contributed by atoms with Crippen LogP contribution in [0.15, 0.2) is 0 Å². The molecule has 1 saturated carbocycles. The van der Waals surface area contributed by atoms with Crippen molar-refractivity contribution in [3.8, 4) is 0 Å². The highest BCUT2D eigenvalue weighted by Crippen LogP contribution is 2.43. The van der Waals surface area contributed by atoms with Gasteiger partial charge in [-0.25, -0.2) is 0 Å². The molecule has 120 valence electrons. The minimum Gasteiger partial charge on any atom is -0.393 e. The maximum absolute atomic E-state index is 10.9. The smallest absolute Gasteiger partial charge is 0.0539 e. The van der Waals surface area contributed by atoms with Crippen molar-refractivity contribution < 1.29 is 5.11 Å². The van der Waals surface area contributed by atoms with Crippen LogP contribution < -0.4 is 0 Å². The average Bonchev–Trinajstić information content (AvgIpc) is 2.04. The molecule has 1 aliphatic carbocycles. The third kappa shape index (κ3) is 3.26. The highest BCUT2D eigenvalue weighted by atomic mass is 29.9. The first-order valence-electron chi connectivity index (χ1n) is 8.42. The van der Waals surface area contributed by atoms with E-state index in [1.54, 1.807) is 0 Å². The van der Waals surface area contributed by atoms with E-state index < -0.39 is 29.4 Å². The molecule has 0 unspecified atom stereocenters. The molecule has 0 amide bonds. The van der Waals surface area contributed by atoms with Gasteiger partial charge in [0.25, 0.3) is 0 Å². The van der Waals surface area contributed by atoms with Crippen molar-refractivity contribution in [1.82, 2.24) is 0 Å². The van der Waals surface area contributed by atoms with Crippen LogP contribution in [0.25, 0.3) is 0 Å². The fourth-order valence-corrected chi connectivity index (χ4v) is 104. The molecule has 0 heterocycles. The topological polar surface area (TPSA) is 20.2 Å². The van der Waals surface area contributed by atoms with Crippen molar-refractivity contribution in [3.05, 3.63) is 0 Å². The normalized spacial score (nSPS) is 20.7. The van der Waals surface area contributed by atoms with Gasteiger partial charge in [0.1, 0.15) is 0 Å². The molecule has 0 aliphatic heterocycles. The monoisotopic (exact) mass is 346 g/mol. The van der Waals surface area contributed by atoms with Crippen LogP contribution in [0.3, 0.4) is 0 Å². The molecule has 1 fully saturated rings. The summed E-state index contributed by atoms with van der Waals surface area (Å²) in [5.41, 5.74) is 0. The second-order valence-electron chi connectivity index (χ2n) is 10.1. The molecule has 0 spiro atoms. The van der Waals surface area contributed by atoms with E-state index >= 15 is 0 Å². The van der Waals surface area contributed by atoms with Gasteiger partial charge < -0.3 is 5.11 Å². The Balaban J connectivity index is 3.23. The molecule has 1 rings (SSSR count). The highest BCUT2D eigenvalue weighted by molar-refractivity contribution is 7.89. The van der Waals surface area contributed by atoms with Crippen molar-refractivity contribution in [3.63, 3.8) is 0 Å². The number of rotatable bonds is 6. The molecule has 0 saturated heterocycles. The fourth-order valence-electron chi connectivity index (χ4n) is 5.60. The first-order valence-corrected chi connectivity index (χ1v) is 24.1. The molecule has 1 aliphatic rings. The zero-order chi connectivity index (χ0) is 16.0. The maximum Gasteiger partial charge on any atom is 0.0539 e. The summed E-state index contributed by atoms with van der Waals surface area (Å²) in [5.74, 6) is 0.644. The fraction of sp³-hybridized carbons (Fsp3) is 1.00. The van der Waals surface area contributed by atoms with Gasteiger partial charge in [0.15, 0.2) is 0 Å². The van der Waals surface area contributed by atoms with Gasteiger partial charge in [-0.05, 0) is 24.8 Å². The molecule has 1 nitrogen and oxygen atoms in total. The second kappa shape index (κ2) is 5.79. The first kappa shape index (κ1) is 18.9. The Kier molecular flexibility index (Phi) is 5.47. The number of hydrogen-bond acceptors (Lipinski definition) is 1. The molecule has 0 aromatic rings. The number of hydrogen-bond donors (Lipinski definition) is 1. The summed E-state index contributed by atoms with van der Waals surface area (Å²) < 4.78 is 0. The molecule has 20 heavy (non-hydrogen) atoms. The van der Waals surface area contributed by atoms with Crippen molar-refractivity contribution in [2.24, 2.45) is 5.92 Å². The Morgan fingerprint density at radius 1 is 0.800 bits per heavy atom. The van der Waals surface area contributed by atoms with Crippen LogP contribution in [-0.4, -0.2) is 40.6 Å². The van der Waals surface area contributed by atoms with Gasteiger partial charge in [-0.3, -0.25) is 0 Å². The largest absolute Gasteiger partial charge is 0.393 e. The summed E-state index contributed by atoms with van der Waals surface area (Å²) in [6.07, 6.45) is 3.95. The van der Waals surface area contributed by atoms with E-state index in [9.17, 15) is 5.11 Å². The Labute approximate surface area is 131 Å². The van der Waals surface area contributed by atoms with E-state index in [2.05, 4.69) is 58.9 Å². The Hall–Kier alpha value is 0.828. The van der Waals surface area contributed by atoms with E-state index in [-0.39, 0.29) is 6.10 Å². The third-order valence-corrected chi connectivity index (χ3v) is 80.1. The Bertz CT molecular complexity index is 295. The summed E-state index contributed by atoms with van der Waals surface area (Å²) in [6.45, 7) is 22.3. The van der Waals surface area contributed by atoms with Crippen molar-refractivity contribution in [2.45, 2.75) is 90.3 Å². The van der Waals surface area contributed by atoms with Crippen LogP contribution in [0.4, 0.5) is 0 Å². The van der Waals surface area contributed by atoms with Gasteiger partial charge >= 0.3 is 0 Å². The van der Waals surface area contributed by atoms with Crippen molar-refractivity contribution in [2.75, 3.05) is 0 Å². The van der Waals surface area contributed by atoms with Gasteiger partial charge in [0.2, 0.25) is 0 Å². The average molecular weight is 347 g/mol. The van der Waals surface area contributed by atoms with Crippen LogP contribution in [0.2, 0.25) is 65.0 Å². The molecule has 0 radical (unpaired) electrons. The zero-order valence-electron chi connectivity index (χ0n) is 15.4. The standard InChI is InChI=1S/C15H38OSi4/c1-17(2,3)20(18(4,5)6,19(7,8)9)13-15(16)14-11-10-12-14/h14-16H,10-13H2,1-9H3/t15-/m1/s1. The van der Waals surface area contributed by atoms with E-state index in [0.717, 1.165) is 0 Å². The maximum atomic E-state index is 10.9. The molecule has 5 heteroatoms. The van der Waals surface area contributed by atoms with E-state index in [1.807, 2.05) is 0 Å².